The van der Waals surface area contributed by atoms with Gasteiger partial charge in [0.2, 0.25) is 5.91 Å². The second-order valence-electron chi connectivity index (χ2n) is 14.8. The van der Waals surface area contributed by atoms with Crippen molar-refractivity contribution in [3.8, 4) is 0 Å². The van der Waals surface area contributed by atoms with E-state index in [0.717, 1.165) is 56.1 Å². The minimum atomic E-state index is -1.10. The Labute approximate surface area is 272 Å². The summed E-state index contributed by atoms with van der Waals surface area (Å²) in [5.74, 6) is 0.928. The van der Waals surface area contributed by atoms with E-state index in [4.69, 9.17) is 4.74 Å². The Kier molecular flexibility index (Phi) is 13.5. The lowest BCUT2D eigenvalue weighted by molar-refractivity contribution is -0.135. The number of amides is 2. The van der Waals surface area contributed by atoms with Crippen LogP contribution < -0.4 is 0 Å². The largest absolute Gasteiger partial charge is 0.388 e. The number of Topliss-reactive ketones (excluding diaryl/α,β-unsaturated/α-hetero) is 1. The van der Waals surface area contributed by atoms with E-state index in [1.165, 1.54) is 32.1 Å². The van der Waals surface area contributed by atoms with Crippen molar-refractivity contribution in [2.75, 3.05) is 32.8 Å². The molecule has 1 saturated heterocycles. The standard InChI is InChI=1S/C38H60N2O5/c1-28-17-19-38(44,18-10-6-9-15-33(28)25-35(41)30(3)24-32-13-7-5-8-14-32)27-40(37(43)34-16-11-12-29(34)2)26-31(4)36(42)39-20-22-45-23-21-39/h12,26,30,32-34,44H,1,5-11,13-25,27H2,2-4H3/b31-26+/t30-,33?,34?,38+/m1/s1. The van der Waals surface area contributed by atoms with E-state index >= 15 is 0 Å². The number of allylic oxidation sites excluding steroid dienone is 2. The van der Waals surface area contributed by atoms with Crippen LogP contribution in [0.4, 0.5) is 0 Å². The Bertz CT molecular complexity index is 1100. The number of aliphatic hydroxyl groups is 1. The number of morpholine rings is 1. The van der Waals surface area contributed by atoms with Crippen molar-refractivity contribution < 1.29 is 24.2 Å². The molecule has 2 unspecified atom stereocenters. The molecular formula is C38H60N2O5. The molecule has 252 valence electrons. The average Bonchev–Trinajstić information content (AvgIpc) is 3.48. The third kappa shape index (κ3) is 10.4. The van der Waals surface area contributed by atoms with Crippen LogP contribution in [0.5, 0.6) is 0 Å². The summed E-state index contributed by atoms with van der Waals surface area (Å²) in [6.45, 7) is 12.6. The molecule has 2 amide bonds. The summed E-state index contributed by atoms with van der Waals surface area (Å²) in [4.78, 5) is 44.0. The molecule has 7 heteroatoms. The number of hydrogen-bond acceptors (Lipinski definition) is 5. The minimum absolute atomic E-state index is 0.0462. The Morgan fingerprint density at radius 2 is 1.76 bits per heavy atom. The van der Waals surface area contributed by atoms with Gasteiger partial charge in [-0.05, 0) is 70.6 Å². The summed E-state index contributed by atoms with van der Waals surface area (Å²) in [6, 6.07) is 0. The normalized spacial score (nSPS) is 28.4. The van der Waals surface area contributed by atoms with Gasteiger partial charge >= 0.3 is 0 Å². The van der Waals surface area contributed by atoms with Crippen LogP contribution in [0.1, 0.15) is 124 Å². The summed E-state index contributed by atoms with van der Waals surface area (Å²) >= 11 is 0. The molecule has 0 aromatic heterocycles. The molecule has 4 atom stereocenters. The third-order valence-electron chi connectivity index (χ3n) is 11.1. The van der Waals surface area contributed by atoms with Crippen molar-refractivity contribution >= 4 is 17.6 Å². The van der Waals surface area contributed by atoms with E-state index in [2.05, 4.69) is 19.6 Å². The van der Waals surface area contributed by atoms with Gasteiger partial charge in [-0.25, -0.2) is 0 Å². The van der Waals surface area contributed by atoms with Gasteiger partial charge in [-0.15, -0.1) is 0 Å². The fraction of sp³-hybridized carbons (Fsp3) is 0.763. The first-order valence-corrected chi connectivity index (χ1v) is 18.0. The average molecular weight is 625 g/mol. The van der Waals surface area contributed by atoms with Crippen LogP contribution in [0, 0.1) is 23.7 Å². The van der Waals surface area contributed by atoms with Gasteiger partial charge in [-0.2, -0.15) is 0 Å². The van der Waals surface area contributed by atoms with Crippen LogP contribution >= 0.6 is 0 Å². The van der Waals surface area contributed by atoms with Crippen molar-refractivity contribution in [3.63, 3.8) is 0 Å². The van der Waals surface area contributed by atoms with Gasteiger partial charge in [0.25, 0.3) is 5.91 Å². The monoisotopic (exact) mass is 624 g/mol. The maximum atomic E-state index is 14.0. The van der Waals surface area contributed by atoms with Crippen LogP contribution in [0.15, 0.2) is 35.6 Å². The predicted octanol–water partition coefficient (Wildman–Crippen LogP) is 7.15. The highest BCUT2D eigenvalue weighted by atomic mass is 16.5. The van der Waals surface area contributed by atoms with Gasteiger partial charge in [0.05, 0.1) is 31.3 Å². The molecule has 45 heavy (non-hydrogen) atoms. The minimum Gasteiger partial charge on any atom is -0.388 e. The highest BCUT2D eigenvalue weighted by Crippen LogP contribution is 2.36. The molecule has 1 N–H and O–H groups in total. The first-order chi connectivity index (χ1) is 21.6. The summed E-state index contributed by atoms with van der Waals surface area (Å²) in [5, 5.41) is 12.1. The SMILES string of the molecule is C=C1CC[C@](O)(CN(/C=C(\C)C(=O)N2CCOCC2)C(=O)C2CCC=C2C)CCCCCC1CC(=O)[C@H](C)CC1CCCCC1. The van der Waals surface area contributed by atoms with E-state index in [1.54, 1.807) is 22.9 Å². The Balaban J connectivity index is 1.44. The smallest absolute Gasteiger partial charge is 0.251 e. The number of carbonyl (C=O) groups is 3. The molecule has 0 bridgehead atoms. The Morgan fingerprint density at radius 3 is 2.44 bits per heavy atom. The van der Waals surface area contributed by atoms with E-state index in [9.17, 15) is 19.5 Å². The molecule has 0 aromatic rings. The lowest BCUT2D eigenvalue weighted by Gasteiger charge is -2.36. The molecular weight excluding hydrogens is 564 g/mol. The maximum Gasteiger partial charge on any atom is 0.251 e. The van der Waals surface area contributed by atoms with E-state index < -0.39 is 5.60 Å². The first-order valence-electron chi connectivity index (χ1n) is 18.0. The third-order valence-corrected chi connectivity index (χ3v) is 11.1. The van der Waals surface area contributed by atoms with Crippen molar-refractivity contribution in [1.29, 1.82) is 0 Å². The van der Waals surface area contributed by atoms with Crippen LogP contribution in [0.3, 0.4) is 0 Å². The molecule has 7 nitrogen and oxygen atoms in total. The highest BCUT2D eigenvalue weighted by molar-refractivity contribution is 5.94. The fourth-order valence-electron chi connectivity index (χ4n) is 8.03. The second kappa shape index (κ2) is 17.1. The first kappa shape index (κ1) is 35.6. The van der Waals surface area contributed by atoms with E-state index in [-0.39, 0.29) is 36.1 Å². The zero-order valence-corrected chi connectivity index (χ0v) is 28.5. The number of ether oxygens (including phenoxy) is 1. The molecule has 3 fully saturated rings. The number of rotatable bonds is 10. The van der Waals surface area contributed by atoms with Gasteiger partial charge in [-0.3, -0.25) is 14.4 Å². The fourth-order valence-corrected chi connectivity index (χ4v) is 8.03. The molecule has 1 aliphatic heterocycles. The van der Waals surface area contributed by atoms with Crippen LogP contribution in [0.25, 0.3) is 0 Å². The molecule has 0 radical (unpaired) electrons. The Morgan fingerprint density at radius 1 is 1.07 bits per heavy atom. The molecule has 0 aromatic carbocycles. The van der Waals surface area contributed by atoms with Gasteiger partial charge in [0.1, 0.15) is 5.78 Å². The predicted molar refractivity (Wildman–Crippen MR) is 179 cm³/mol. The second-order valence-corrected chi connectivity index (χ2v) is 14.8. The van der Waals surface area contributed by atoms with Crippen LogP contribution in [0.2, 0.25) is 0 Å². The summed E-state index contributed by atoms with van der Waals surface area (Å²) in [5.41, 5.74) is 1.51. The zero-order valence-electron chi connectivity index (χ0n) is 28.5. The summed E-state index contributed by atoms with van der Waals surface area (Å²) in [6.07, 6.45) is 19.0. The number of carbonyl (C=O) groups excluding carboxylic acids is 3. The number of hydrogen-bond donors (Lipinski definition) is 1. The van der Waals surface area contributed by atoms with Crippen molar-refractivity contribution in [1.82, 2.24) is 9.80 Å². The van der Waals surface area contributed by atoms with Crippen molar-refractivity contribution in [2.45, 2.75) is 129 Å². The van der Waals surface area contributed by atoms with Crippen molar-refractivity contribution in [2.24, 2.45) is 23.7 Å². The molecule has 1 heterocycles. The molecule has 4 aliphatic rings. The Hall–Kier alpha value is -2.25. The van der Waals surface area contributed by atoms with Crippen LogP contribution in [-0.4, -0.2) is 71.0 Å². The summed E-state index contributed by atoms with van der Waals surface area (Å²) in [7, 11) is 0. The lowest BCUT2D eigenvalue weighted by atomic mass is 9.77. The molecule has 0 spiro atoms. The molecule has 4 rings (SSSR count). The zero-order chi connectivity index (χ0) is 32.4. The highest BCUT2D eigenvalue weighted by Gasteiger charge is 2.36. The topological polar surface area (TPSA) is 87.2 Å². The van der Waals surface area contributed by atoms with Crippen molar-refractivity contribution in [3.05, 3.63) is 35.6 Å². The lowest BCUT2D eigenvalue weighted by Crippen LogP contribution is -2.46. The van der Waals surface area contributed by atoms with Gasteiger partial charge in [0.15, 0.2) is 0 Å². The summed E-state index contributed by atoms with van der Waals surface area (Å²) < 4.78 is 5.42. The number of ketones is 1. The number of nitrogens with zero attached hydrogens (tertiary/aromatic N) is 2. The van der Waals surface area contributed by atoms with E-state index in [1.807, 2.05) is 6.92 Å². The van der Waals surface area contributed by atoms with E-state index in [0.29, 0.717) is 69.3 Å². The van der Waals surface area contributed by atoms with Gasteiger partial charge in [-0.1, -0.05) is 82.1 Å². The van der Waals surface area contributed by atoms with Gasteiger partial charge < -0.3 is 19.6 Å². The quantitative estimate of drug-likeness (QED) is 0.206. The maximum absolute atomic E-state index is 14.0. The van der Waals surface area contributed by atoms with Gasteiger partial charge in [0, 0.05) is 37.2 Å². The molecule has 2 saturated carbocycles. The molecule has 3 aliphatic carbocycles. The van der Waals surface area contributed by atoms with Crippen LogP contribution in [-0.2, 0) is 19.1 Å².